The molecule has 1 aliphatic carbocycles. The van der Waals surface area contributed by atoms with Crippen LogP contribution in [0.1, 0.15) is 32.6 Å². The van der Waals surface area contributed by atoms with Crippen molar-refractivity contribution in [2.75, 3.05) is 0 Å². The number of hydrogen-bond acceptors (Lipinski definition) is 3. The van der Waals surface area contributed by atoms with Crippen LogP contribution in [-0.2, 0) is 9.59 Å². The van der Waals surface area contributed by atoms with Gasteiger partial charge < -0.3 is 5.73 Å². The fourth-order valence-electron chi connectivity index (χ4n) is 1.39. The molecule has 0 aromatic heterocycles. The van der Waals surface area contributed by atoms with Crippen LogP contribution < -0.4 is 11.2 Å². The fraction of sp³-hybridized carbons (Fsp3) is 0.667. The van der Waals surface area contributed by atoms with Crippen molar-refractivity contribution in [1.29, 1.82) is 0 Å². The van der Waals surface area contributed by atoms with E-state index in [1.807, 2.05) is 0 Å². The van der Waals surface area contributed by atoms with Gasteiger partial charge in [-0.2, -0.15) is 5.10 Å². The molecule has 0 saturated heterocycles. The van der Waals surface area contributed by atoms with Crippen LogP contribution in [0.2, 0.25) is 0 Å². The summed E-state index contributed by atoms with van der Waals surface area (Å²) in [5.41, 5.74) is 7.84. The van der Waals surface area contributed by atoms with E-state index in [0.29, 0.717) is 0 Å². The molecule has 0 radical (unpaired) electrons. The summed E-state index contributed by atoms with van der Waals surface area (Å²) in [6, 6.07) is 0. The minimum Gasteiger partial charge on any atom is -0.361 e. The van der Waals surface area contributed by atoms with Gasteiger partial charge in [0.15, 0.2) is 0 Å². The maximum Gasteiger partial charge on any atom is 0.329 e. The number of nitrogens with two attached hydrogens (primary N) is 1. The smallest absolute Gasteiger partial charge is 0.329 e. The number of amides is 2. The Morgan fingerprint density at radius 1 is 1.43 bits per heavy atom. The molecule has 1 fully saturated rings. The summed E-state index contributed by atoms with van der Waals surface area (Å²) in [5.74, 6) is -1.13. The number of hydrogen-bond donors (Lipinski definition) is 2. The summed E-state index contributed by atoms with van der Waals surface area (Å²) in [5, 5.41) is 3.86. The Labute approximate surface area is 82.7 Å². The lowest BCUT2D eigenvalue weighted by atomic mass is 9.90. The van der Waals surface area contributed by atoms with Gasteiger partial charge in [0.05, 0.1) is 0 Å². The molecule has 0 heterocycles. The van der Waals surface area contributed by atoms with Crippen LogP contribution in [0.15, 0.2) is 5.10 Å². The van der Waals surface area contributed by atoms with Gasteiger partial charge >= 0.3 is 11.8 Å². The van der Waals surface area contributed by atoms with Crippen LogP contribution in [0.25, 0.3) is 0 Å². The molecule has 0 spiro atoms. The highest BCUT2D eigenvalue weighted by Crippen LogP contribution is 2.20. The van der Waals surface area contributed by atoms with Gasteiger partial charge in [0.25, 0.3) is 0 Å². The first-order valence-electron chi connectivity index (χ1n) is 4.75. The SMILES string of the molecule is CC1CCC(=NNC(=O)C(N)=O)CC1. The third kappa shape index (κ3) is 3.16. The van der Waals surface area contributed by atoms with Crippen LogP contribution in [0, 0.1) is 5.92 Å². The molecule has 78 valence electrons. The van der Waals surface area contributed by atoms with E-state index in [2.05, 4.69) is 17.5 Å². The Morgan fingerprint density at radius 2 is 2.00 bits per heavy atom. The number of carbonyl (C=O) groups excluding carboxylic acids is 2. The predicted molar refractivity (Wildman–Crippen MR) is 52.4 cm³/mol. The molecule has 0 unspecified atom stereocenters. The normalized spacial score (nSPS) is 21.5. The summed E-state index contributed by atoms with van der Waals surface area (Å²) in [4.78, 5) is 21.1. The van der Waals surface area contributed by atoms with E-state index in [9.17, 15) is 9.59 Å². The lowest BCUT2D eigenvalue weighted by molar-refractivity contribution is -0.137. The van der Waals surface area contributed by atoms with E-state index >= 15 is 0 Å². The zero-order valence-electron chi connectivity index (χ0n) is 8.25. The van der Waals surface area contributed by atoms with Crippen molar-refractivity contribution in [3.05, 3.63) is 0 Å². The number of rotatable bonds is 1. The van der Waals surface area contributed by atoms with Gasteiger partial charge in [-0.15, -0.1) is 0 Å². The standard InChI is InChI=1S/C9H15N3O2/c1-6-2-4-7(5-3-6)11-12-9(14)8(10)13/h6H,2-5H2,1H3,(H2,10,13)(H,12,14). The van der Waals surface area contributed by atoms with Gasteiger partial charge in [0, 0.05) is 5.71 Å². The second-order valence-electron chi connectivity index (χ2n) is 3.67. The average molecular weight is 197 g/mol. The predicted octanol–water partition coefficient (Wildman–Crippen LogP) is 0.154. The maximum atomic E-state index is 10.8. The van der Waals surface area contributed by atoms with E-state index in [-0.39, 0.29) is 0 Å². The first kappa shape index (κ1) is 10.7. The molecule has 5 heteroatoms. The quantitative estimate of drug-likeness (QED) is 0.463. The monoisotopic (exact) mass is 197 g/mol. The molecule has 5 nitrogen and oxygen atoms in total. The topological polar surface area (TPSA) is 84.6 Å². The van der Waals surface area contributed by atoms with Crippen molar-refractivity contribution in [3.8, 4) is 0 Å². The second-order valence-corrected chi connectivity index (χ2v) is 3.67. The zero-order chi connectivity index (χ0) is 10.6. The molecule has 0 aliphatic heterocycles. The Hall–Kier alpha value is -1.39. The Kier molecular flexibility index (Phi) is 3.62. The van der Waals surface area contributed by atoms with Gasteiger partial charge in [-0.05, 0) is 31.6 Å². The Morgan fingerprint density at radius 3 is 2.50 bits per heavy atom. The number of carbonyl (C=O) groups is 2. The molecule has 2 amide bonds. The van der Waals surface area contributed by atoms with Crippen molar-refractivity contribution in [2.24, 2.45) is 16.8 Å². The third-order valence-corrected chi connectivity index (χ3v) is 2.39. The molecule has 1 rings (SSSR count). The molecule has 1 saturated carbocycles. The molecule has 14 heavy (non-hydrogen) atoms. The van der Waals surface area contributed by atoms with Gasteiger partial charge in [0.2, 0.25) is 0 Å². The summed E-state index contributed by atoms with van der Waals surface area (Å²) in [6.45, 7) is 2.19. The van der Waals surface area contributed by atoms with Crippen LogP contribution in [-0.4, -0.2) is 17.5 Å². The lowest BCUT2D eigenvalue weighted by Gasteiger charge is -2.18. The summed E-state index contributed by atoms with van der Waals surface area (Å²) < 4.78 is 0. The largest absolute Gasteiger partial charge is 0.361 e. The van der Waals surface area contributed by atoms with Gasteiger partial charge in [-0.1, -0.05) is 6.92 Å². The summed E-state index contributed by atoms with van der Waals surface area (Å²) in [6.07, 6.45) is 3.96. The molecule has 0 aromatic rings. The van der Waals surface area contributed by atoms with E-state index in [4.69, 9.17) is 5.73 Å². The van der Waals surface area contributed by atoms with Crippen LogP contribution in [0.5, 0.6) is 0 Å². The summed E-state index contributed by atoms with van der Waals surface area (Å²) in [7, 11) is 0. The van der Waals surface area contributed by atoms with Crippen molar-refractivity contribution in [1.82, 2.24) is 5.43 Å². The minimum absolute atomic E-state index is 0.723. The summed E-state index contributed by atoms with van der Waals surface area (Å²) >= 11 is 0. The van der Waals surface area contributed by atoms with Gasteiger partial charge in [-0.3, -0.25) is 9.59 Å². The lowest BCUT2D eigenvalue weighted by Crippen LogP contribution is -2.33. The second kappa shape index (κ2) is 4.74. The van der Waals surface area contributed by atoms with E-state index in [1.165, 1.54) is 0 Å². The zero-order valence-corrected chi connectivity index (χ0v) is 8.25. The first-order chi connectivity index (χ1) is 6.59. The molecule has 1 aliphatic rings. The van der Waals surface area contributed by atoms with Crippen LogP contribution in [0.3, 0.4) is 0 Å². The highest BCUT2D eigenvalue weighted by atomic mass is 16.2. The molecular formula is C9H15N3O2. The van der Waals surface area contributed by atoms with Crippen LogP contribution in [0.4, 0.5) is 0 Å². The van der Waals surface area contributed by atoms with Gasteiger partial charge in [0.1, 0.15) is 0 Å². The highest BCUT2D eigenvalue weighted by molar-refractivity contribution is 6.34. The van der Waals surface area contributed by atoms with Crippen molar-refractivity contribution in [2.45, 2.75) is 32.6 Å². The molecule has 0 bridgehead atoms. The molecule has 3 N–H and O–H groups in total. The minimum atomic E-state index is -1.00. The van der Waals surface area contributed by atoms with Crippen molar-refractivity contribution in [3.63, 3.8) is 0 Å². The molecule has 0 atom stereocenters. The maximum absolute atomic E-state index is 10.8. The fourth-order valence-corrected chi connectivity index (χ4v) is 1.39. The highest BCUT2D eigenvalue weighted by Gasteiger charge is 2.14. The molecule has 0 aromatic carbocycles. The van der Waals surface area contributed by atoms with E-state index in [0.717, 1.165) is 37.3 Å². The molecular weight excluding hydrogens is 182 g/mol. The first-order valence-corrected chi connectivity index (χ1v) is 4.75. The Bertz CT molecular complexity index is 263. The van der Waals surface area contributed by atoms with E-state index in [1.54, 1.807) is 0 Å². The number of nitrogens with one attached hydrogen (secondary N) is 1. The number of primary amides is 1. The van der Waals surface area contributed by atoms with Crippen LogP contribution >= 0.6 is 0 Å². The van der Waals surface area contributed by atoms with Gasteiger partial charge in [-0.25, -0.2) is 5.43 Å². The Balaban J connectivity index is 2.38. The van der Waals surface area contributed by atoms with Crippen molar-refractivity contribution < 1.29 is 9.59 Å². The number of hydrazone groups is 1. The average Bonchev–Trinajstić information content (AvgIpc) is 2.16. The van der Waals surface area contributed by atoms with Crippen molar-refractivity contribution >= 4 is 17.5 Å². The van der Waals surface area contributed by atoms with E-state index < -0.39 is 11.8 Å². The number of nitrogens with zero attached hydrogens (tertiary/aromatic N) is 1. The third-order valence-electron chi connectivity index (χ3n) is 2.39.